The zero-order chi connectivity index (χ0) is 15.6. The summed E-state index contributed by atoms with van der Waals surface area (Å²) in [6.07, 6.45) is 4.17. The standard InChI is InChI=1S/C14H19ClN2O3S/c1-10-5-3-4-8-17(10)14(18)11-6-7-12(15)13(9-11)16-21(2,19)20/h6-7,9-10,16H,3-5,8H2,1-2H3/t10-/m1/s1. The molecule has 1 aromatic carbocycles. The quantitative estimate of drug-likeness (QED) is 0.926. The Bertz CT molecular complexity index is 646. The highest BCUT2D eigenvalue weighted by Gasteiger charge is 2.24. The number of nitrogens with zero attached hydrogens (tertiary/aromatic N) is 1. The Balaban J connectivity index is 2.27. The van der Waals surface area contributed by atoms with E-state index in [2.05, 4.69) is 4.72 Å². The number of sulfonamides is 1. The molecule has 1 aliphatic heterocycles. The molecule has 0 radical (unpaired) electrons. The van der Waals surface area contributed by atoms with Crippen LogP contribution in [-0.2, 0) is 10.0 Å². The van der Waals surface area contributed by atoms with Gasteiger partial charge in [0.1, 0.15) is 0 Å². The Hall–Kier alpha value is -1.27. The molecule has 1 amide bonds. The number of halogens is 1. The number of hydrogen-bond donors (Lipinski definition) is 1. The van der Waals surface area contributed by atoms with Gasteiger partial charge in [0, 0.05) is 18.2 Å². The Labute approximate surface area is 130 Å². The first-order chi connectivity index (χ1) is 9.78. The van der Waals surface area contributed by atoms with E-state index in [1.165, 1.54) is 12.1 Å². The maximum Gasteiger partial charge on any atom is 0.254 e. The molecule has 5 nitrogen and oxygen atoms in total. The molecule has 7 heteroatoms. The van der Waals surface area contributed by atoms with Crippen LogP contribution in [-0.4, -0.2) is 38.1 Å². The molecule has 1 aliphatic rings. The third-order valence-electron chi connectivity index (χ3n) is 3.57. The number of benzene rings is 1. The molecule has 0 unspecified atom stereocenters. The van der Waals surface area contributed by atoms with Gasteiger partial charge in [0.05, 0.1) is 17.0 Å². The molecule has 21 heavy (non-hydrogen) atoms. The van der Waals surface area contributed by atoms with E-state index < -0.39 is 10.0 Å². The van der Waals surface area contributed by atoms with E-state index in [1.54, 1.807) is 6.07 Å². The highest BCUT2D eigenvalue weighted by atomic mass is 35.5. The van der Waals surface area contributed by atoms with Crippen LogP contribution in [0, 0.1) is 0 Å². The number of carbonyl (C=O) groups excluding carboxylic acids is 1. The van der Waals surface area contributed by atoms with E-state index in [-0.39, 0.29) is 22.7 Å². The second-order valence-corrected chi connectivity index (χ2v) is 7.57. The van der Waals surface area contributed by atoms with Crippen LogP contribution in [0.15, 0.2) is 18.2 Å². The largest absolute Gasteiger partial charge is 0.336 e. The first-order valence-corrected chi connectivity index (χ1v) is 9.13. The van der Waals surface area contributed by atoms with Crippen LogP contribution < -0.4 is 4.72 Å². The first kappa shape index (κ1) is 16.1. The van der Waals surface area contributed by atoms with Crippen molar-refractivity contribution in [1.82, 2.24) is 4.90 Å². The van der Waals surface area contributed by atoms with Crippen LogP contribution in [0.3, 0.4) is 0 Å². The molecule has 1 heterocycles. The molecule has 1 aromatic rings. The molecule has 0 aliphatic carbocycles. The van der Waals surface area contributed by atoms with E-state index in [1.807, 2.05) is 11.8 Å². The fourth-order valence-electron chi connectivity index (χ4n) is 2.50. The number of carbonyl (C=O) groups is 1. The molecule has 0 spiro atoms. The minimum Gasteiger partial charge on any atom is -0.336 e. The maximum absolute atomic E-state index is 12.5. The van der Waals surface area contributed by atoms with Crippen molar-refractivity contribution < 1.29 is 13.2 Å². The summed E-state index contributed by atoms with van der Waals surface area (Å²) in [6.45, 7) is 2.76. The van der Waals surface area contributed by atoms with Gasteiger partial charge in [0.2, 0.25) is 10.0 Å². The van der Waals surface area contributed by atoms with Crippen molar-refractivity contribution in [2.45, 2.75) is 32.2 Å². The predicted molar refractivity (Wildman–Crippen MR) is 84.3 cm³/mol. The molecule has 1 N–H and O–H groups in total. The van der Waals surface area contributed by atoms with Gasteiger partial charge in [-0.25, -0.2) is 8.42 Å². The lowest BCUT2D eigenvalue weighted by atomic mass is 10.0. The number of amides is 1. The van der Waals surface area contributed by atoms with Crippen LogP contribution in [0.5, 0.6) is 0 Å². The van der Waals surface area contributed by atoms with E-state index in [4.69, 9.17) is 11.6 Å². The number of likely N-dealkylation sites (tertiary alicyclic amines) is 1. The fraction of sp³-hybridized carbons (Fsp3) is 0.500. The summed E-state index contributed by atoms with van der Waals surface area (Å²) in [4.78, 5) is 14.4. The van der Waals surface area contributed by atoms with Crippen molar-refractivity contribution in [3.63, 3.8) is 0 Å². The van der Waals surface area contributed by atoms with Gasteiger partial charge >= 0.3 is 0 Å². The van der Waals surface area contributed by atoms with Crippen molar-refractivity contribution in [3.8, 4) is 0 Å². The second-order valence-electron chi connectivity index (χ2n) is 5.41. The van der Waals surface area contributed by atoms with E-state index in [9.17, 15) is 13.2 Å². The SMILES string of the molecule is C[C@@H]1CCCCN1C(=O)c1ccc(Cl)c(NS(C)(=O)=O)c1. The van der Waals surface area contributed by atoms with Crippen LogP contribution in [0.2, 0.25) is 5.02 Å². The van der Waals surface area contributed by atoms with Gasteiger partial charge in [-0.15, -0.1) is 0 Å². The number of hydrogen-bond acceptors (Lipinski definition) is 3. The van der Waals surface area contributed by atoms with Gasteiger partial charge in [-0.3, -0.25) is 9.52 Å². The third kappa shape index (κ3) is 4.11. The Morgan fingerprint density at radius 2 is 2.10 bits per heavy atom. The summed E-state index contributed by atoms with van der Waals surface area (Å²) >= 11 is 5.97. The molecule has 2 rings (SSSR count). The number of anilines is 1. The normalized spacial score (nSPS) is 19.4. The monoisotopic (exact) mass is 330 g/mol. The number of nitrogens with one attached hydrogen (secondary N) is 1. The minimum absolute atomic E-state index is 0.0876. The van der Waals surface area contributed by atoms with Crippen LogP contribution in [0.4, 0.5) is 5.69 Å². The van der Waals surface area contributed by atoms with Crippen LogP contribution in [0.25, 0.3) is 0 Å². The van der Waals surface area contributed by atoms with Gasteiger partial charge < -0.3 is 4.90 Å². The average molecular weight is 331 g/mol. The van der Waals surface area contributed by atoms with Crippen LogP contribution >= 0.6 is 11.6 Å². The molecular formula is C14H19ClN2O3S. The summed E-state index contributed by atoms with van der Waals surface area (Å²) in [5.41, 5.74) is 0.675. The summed E-state index contributed by atoms with van der Waals surface area (Å²) in [5, 5.41) is 0.267. The van der Waals surface area contributed by atoms with E-state index in [0.717, 1.165) is 32.1 Å². The Morgan fingerprint density at radius 3 is 2.71 bits per heavy atom. The molecule has 0 bridgehead atoms. The molecule has 116 valence electrons. The van der Waals surface area contributed by atoms with Crippen molar-refractivity contribution in [2.24, 2.45) is 0 Å². The fourth-order valence-corrected chi connectivity index (χ4v) is 3.29. The van der Waals surface area contributed by atoms with Crippen LogP contribution in [0.1, 0.15) is 36.5 Å². The Kier molecular flexibility index (Phi) is 4.78. The molecule has 1 atom stereocenters. The molecule has 1 fully saturated rings. The van der Waals surface area contributed by atoms with Crippen molar-refractivity contribution >= 4 is 33.2 Å². The van der Waals surface area contributed by atoms with Gasteiger partial charge in [-0.1, -0.05) is 11.6 Å². The van der Waals surface area contributed by atoms with Crippen molar-refractivity contribution in [2.75, 3.05) is 17.5 Å². The predicted octanol–water partition coefficient (Wildman–Crippen LogP) is 2.73. The van der Waals surface area contributed by atoms with Crippen molar-refractivity contribution in [1.29, 1.82) is 0 Å². The summed E-state index contributed by atoms with van der Waals surface area (Å²) in [5.74, 6) is -0.0876. The van der Waals surface area contributed by atoms with Gasteiger partial charge in [-0.05, 0) is 44.4 Å². The second kappa shape index (κ2) is 6.23. The van der Waals surface area contributed by atoms with E-state index in [0.29, 0.717) is 5.56 Å². The summed E-state index contributed by atoms with van der Waals surface area (Å²) < 4.78 is 25.0. The topological polar surface area (TPSA) is 66.5 Å². The maximum atomic E-state index is 12.5. The van der Waals surface area contributed by atoms with Gasteiger partial charge in [0.25, 0.3) is 5.91 Å². The van der Waals surface area contributed by atoms with E-state index >= 15 is 0 Å². The number of rotatable bonds is 3. The molecule has 1 saturated heterocycles. The lowest BCUT2D eigenvalue weighted by molar-refractivity contribution is 0.0635. The third-order valence-corrected chi connectivity index (χ3v) is 4.49. The lowest BCUT2D eigenvalue weighted by Gasteiger charge is -2.33. The van der Waals surface area contributed by atoms with Crippen molar-refractivity contribution in [3.05, 3.63) is 28.8 Å². The minimum atomic E-state index is -3.44. The highest BCUT2D eigenvalue weighted by Crippen LogP contribution is 2.26. The molecule has 0 aromatic heterocycles. The lowest BCUT2D eigenvalue weighted by Crippen LogP contribution is -2.42. The summed E-state index contributed by atoms with van der Waals surface area (Å²) in [6, 6.07) is 4.86. The average Bonchev–Trinajstić information content (AvgIpc) is 2.39. The molecular weight excluding hydrogens is 312 g/mol. The zero-order valence-corrected chi connectivity index (χ0v) is 13.7. The summed E-state index contributed by atoms with van der Waals surface area (Å²) in [7, 11) is -3.44. The molecule has 0 saturated carbocycles. The van der Waals surface area contributed by atoms with Gasteiger partial charge in [0.15, 0.2) is 0 Å². The van der Waals surface area contributed by atoms with Gasteiger partial charge in [-0.2, -0.15) is 0 Å². The zero-order valence-electron chi connectivity index (χ0n) is 12.1. The number of piperidine rings is 1. The first-order valence-electron chi connectivity index (χ1n) is 6.86. The highest BCUT2D eigenvalue weighted by molar-refractivity contribution is 7.92. The Morgan fingerprint density at radius 1 is 1.38 bits per heavy atom. The smallest absolute Gasteiger partial charge is 0.254 e.